The highest BCUT2D eigenvalue weighted by atomic mass is 35.5. The molecule has 0 atom stereocenters. The molecule has 3 nitrogen and oxygen atoms in total. The number of rotatable bonds is 4. The van der Waals surface area contributed by atoms with Gasteiger partial charge in [0.05, 0.1) is 11.6 Å². The van der Waals surface area contributed by atoms with Gasteiger partial charge in [0.25, 0.3) is 0 Å². The average Bonchev–Trinajstić information content (AvgIpc) is 3.02. The third-order valence-corrected chi connectivity index (χ3v) is 5.51. The minimum absolute atomic E-state index is 0.691. The van der Waals surface area contributed by atoms with Crippen molar-refractivity contribution in [3.63, 3.8) is 0 Å². The summed E-state index contributed by atoms with van der Waals surface area (Å²) in [6.45, 7) is 2.77. The van der Waals surface area contributed by atoms with Gasteiger partial charge in [0, 0.05) is 15.0 Å². The van der Waals surface area contributed by atoms with Crippen molar-refractivity contribution in [2.45, 2.75) is 19.9 Å². The maximum atomic E-state index is 6.39. The Morgan fingerprint density at radius 2 is 2.05 bits per heavy atom. The van der Waals surface area contributed by atoms with Crippen molar-refractivity contribution in [1.82, 2.24) is 10.2 Å². The molecule has 3 aromatic rings. The first-order chi connectivity index (χ1) is 9.28. The van der Waals surface area contributed by atoms with E-state index in [0.29, 0.717) is 6.54 Å². The van der Waals surface area contributed by atoms with Crippen LogP contribution in [0.3, 0.4) is 0 Å². The Morgan fingerprint density at radius 3 is 2.79 bits per heavy atom. The fraction of sp³-hybridized carbons (Fsp3) is 0.231. The Kier molecular flexibility index (Phi) is 3.68. The van der Waals surface area contributed by atoms with Crippen LogP contribution in [0.4, 0.5) is 5.13 Å². The molecule has 0 saturated carbocycles. The highest BCUT2D eigenvalue weighted by Crippen LogP contribution is 2.35. The van der Waals surface area contributed by atoms with E-state index in [1.165, 1.54) is 4.70 Å². The number of benzene rings is 1. The normalized spacial score (nSPS) is 11.1. The quantitative estimate of drug-likeness (QED) is 0.766. The van der Waals surface area contributed by atoms with E-state index in [-0.39, 0.29) is 0 Å². The topological polar surface area (TPSA) is 37.8 Å². The number of halogens is 1. The van der Waals surface area contributed by atoms with Crippen molar-refractivity contribution in [2.24, 2.45) is 0 Å². The van der Waals surface area contributed by atoms with Crippen LogP contribution in [0.5, 0.6) is 0 Å². The SMILES string of the molecule is CCc1nnc(NCc2sc3ccccc3c2Cl)s1. The predicted molar refractivity (Wildman–Crippen MR) is 83.4 cm³/mol. The van der Waals surface area contributed by atoms with Crippen molar-refractivity contribution >= 4 is 49.5 Å². The lowest BCUT2D eigenvalue weighted by Crippen LogP contribution is -1.97. The van der Waals surface area contributed by atoms with Crippen molar-refractivity contribution in [2.75, 3.05) is 5.32 Å². The molecule has 0 bridgehead atoms. The minimum Gasteiger partial charge on any atom is -0.355 e. The zero-order chi connectivity index (χ0) is 13.2. The Morgan fingerprint density at radius 1 is 1.21 bits per heavy atom. The molecule has 0 fully saturated rings. The summed E-state index contributed by atoms with van der Waals surface area (Å²) in [4.78, 5) is 1.14. The Balaban J connectivity index is 1.79. The van der Waals surface area contributed by atoms with Crippen LogP contribution in [0.15, 0.2) is 24.3 Å². The number of hydrogen-bond acceptors (Lipinski definition) is 5. The smallest absolute Gasteiger partial charge is 0.205 e. The first-order valence-electron chi connectivity index (χ1n) is 6.00. The van der Waals surface area contributed by atoms with Gasteiger partial charge in [0.15, 0.2) is 0 Å². The summed E-state index contributed by atoms with van der Waals surface area (Å²) in [6, 6.07) is 8.19. The number of fused-ring (bicyclic) bond motifs is 1. The van der Waals surface area contributed by atoms with E-state index in [0.717, 1.165) is 31.8 Å². The average molecular weight is 310 g/mol. The second-order valence-electron chi connectivity index (χ2n) is 4.04. The lowest BCUT2D eigenvalue weighted by molar-refractivity contribution is 0.977. The predicted octanol–water partition coefficient (Wildman–Crippen LogP) is 4.58. The molecule has 19 heavy (non-hydrogen) atoms. The lowest BCUT2D eigenvalue weighted by atomic mass is 10.2. The van der Waals surface area contributed by atoms with Crippen LogP contribution in [0.25, 0.3) is 10.1 Å². The number of aryl methyl sites for hydroxylation is 1. The van der Waals surface area contributed by atoms with Gasteiger partial charge in [0.2, 0.25) is 5.13 Å². The summed E-state index contributed by atoms with van der Waals surface area (Å²) in [5, 5.41) is 15.3. The molecule has 0 aliphatic carbocycles. The molecule has 0 amide bonds. The Bertz CT molecular complexity index is 705. The van der Waals surface area contributed by atoms with Gasteiger partial charge < -0.3 is 5.32 Å². The Labute approximate surface area is 124 Å². The highest BCUT2D eigenvalue weighted by Gasteiger charge is 2.10. The van der Waals surface area contributed by atoms with Gasteiger partial charge >= 0.3 is 0 Å². The second kappa shape index (κ2) is 5.45. The zero-order valence-corrected chi connectivity index (χ0v) is 12.7. The molecule has 0 aliphatic rings. The summed E-state index contributed by atoms with van der Waals surface area (Å²) in [6.07, 6.45) is 0.920. The third kappa shape index (κ3) is 2.59. The molecule has 1 aromatic carbocycles. The molecule has 2 aromatic heterocycles. The fourth-order valence-electron chi connectivity index (χ4n) is 1.80. The van der Waals surface area contributed by atoms with Crippen molar-refractivity contribution < 1.29 is 0 Å². The van der Waals surface area contributed by atoms with E-state index in [4.69, 9.17) is 11.6 Å². The molecule has 0 aliphatic heterocycles. The number of aromatic nitrogens is 2. The van der Waals surface area contributed by atoms with Gasteiger partial charge in [-0.1, -0.05) is 48.1 Å². The van der Waals surface area contributed by atoms with E-state index in [9.17, 15) is 0 Å². The largest absolute Gasteiger partial charge is 0.355 e. The summed E-state index contributed by atoms with van der Waals surface area (Å²) in [7, 11) is 0. The van der Waals surface area contributed by atoms with Crippen LogP contribution >= 0.6 is 34.3 Å². The summed E-state index contributed by atoms with van der Waals surface area (Å²) in [5.41, 5.74) is 0. The summed E-state index contributed by atoms with van der Waals surface area (Å²) in [5.74, 6) is 0. The molecular weight excluding hydrogens is 298 g/mol. The van der Waals surface area contributed by atoms with Gasteiger partial charge in [-0.25, -0.2) is 0 Å². The van der Waals surface area contributed by atoms with Crippen LogP contribution in [-0.2, 0) is 13.0 Å². The lowest BCUT2D eigenvalue weighted by Gasteiger charge is -1.99. The molecular formula is C13H12ClN3S2. The van der Waals surface area contributed by atoms with Gasteiger partial charge in [0.1, 0.15) is 5.01 Å². The van der Waals surface area contributed by atoms with Crippen LogP contribution in [0.2, 0.25) is 5.02 Å². The van der Waals surface area contributed by atoms with Gasteiger partial charge in [-0.05, 0) is 12.5 Å². The van der Waals surface area contributed by atoms with Crippen molar-refractivity contribution in [3.05, 3.63) is 39.2 Å². The second-order valence-corrected chi connectivity index (χ2v) is 6.62. The number of nitrogens with zero attached hydrogens (tertiary/aromatic N) is 2. The number of nitrogens with one attached hydrogen (secondary N) is 1. The maximum absolute atomic E-state index is 6.39. The molecule has 1 N–H and O–H groups in total. The highest BCUT2D eigenvalue weighted by molar-refractivity contribution is 7.19. The molecule has 0 unspecified atom stereocenters. The molecule has 6 heteroatoms. The van der Waals surface area contributed by atoms with Crippen LogP contribution in [-0.4, -0.2) is 10.2 Å². The fourth-order valence-corrected chi connectivity index (χ4v) is 3.92. The van der Waals surface area contributed by atoms with Gasteiger partial charge in [-0.2, -0.15) is 0 Å². The van der Waals surface area contributed by atoms with Crippen molar-refractivity contribution in [1.29, 1.82) is 0 Å². The molecule has 3 rings (SSSR count). The maximum Gasteiger partial charge on any atom is 0.205 e. The molecule has 0 saturated heterocycles. The first-order valence-corrected chi connectivity index (χ1v) is 8.01. The molecule has 0 radical (unpaired) electrons. The van der Waals surface area contributed by atoms with E-state index >= 15 is 0 Å². The van der Waals surface area contributed by atoms with Gasteiger partial charge in [-0.3, -0.25) is 0 Å². The summed E-state index contributed by atoms with van der Waals surface area (Å²) >= 11 is 9.70. The Hall–Kier alpha value is -1.17. The minimum atomic E-state index is 0.691. The van der Waals surface area contributed by atoms with Crippen molar-refractivity contribution in [3.8, 4) is 0 Å². The number of hydrogen-bond donors (Lipinski definition) is 1. The van der Waals surface area contributed by atoms with Gasteiger partial charge in [-0.15, -0.1) is 21.5 Å². The molecule has 0 spiro atoms. The number of thiophene rings is 1. The zero-order valence-electron chi connectivity index (χ0n) is 10.3. The standard InChI is InChI=1S/C13H12ClN3S2/c1-2-11-16-17-13(19-11)15-7-10-12(14)8-5-3-4-6-9(8)18-10/h3-6H,2,7H2,1H3,(H,15,17). The third-order valence-electron chi connectivity index (χ3n) is 2.77. The van der Waals surface area contributed by atoms with E-state index < -0.39 is 0 Å². The van der Waals surface area contributed by atoms with E-state index in [1.54, 1.807) is 22.7 Å². The van der Waals surface area contributed by atoms with Crippen LogP contribution < -0.4 is 5.32 Å². The monoisotopic (exact) mass is 309 g/mol. The number of anilines is 1. The van der Waals surface area contributed by atoms with E-state index in [1.807, 2.05) is 12.1 Å². The molecule has 2 heterocycles. The van der Waals surface area contributed by atoms with E-state index in [2.05, 4.69) is 34.6 Å². The van der Waals surface area contributed by atoms with Crippen LogP contribution in [0.1, 0.15) is 16.8 Å². The summed E-state index contributed by atoms with van der Waals surface area (Å²) < 4.78 is 1.22. The first kappa shape index (κ1) is 12.8. The molecule has 98 valence electrons. The van der Waals surface area contributed by atoms with Crippen LogP contribution in [0, 0.1) is 0 Å².